The number of hydrogen-bond donors (Lipinski definition) is 1. The number of hydrogen-bond acceptors (Lipinski definition) is 2. The predicted molar refractivity (Wildman–Crippen MR) is 62.8 cm³/mol. The largest absolute Gasteiger partial charge is 0.369 e. The molecular weight excluding hydrogens is 252 g/mol. The van der Waals surface area contributed by atoms with Crippen LogP contribution in [0, 0.1) is 0 Å². The molecule has 1 saturated heterocycles. The Kier molecular flexibility index (Phi) is 4.03. The van der Waals surface area contributed by atoms with Crippen LogP contribution in [0.4, 0.5) is 4.39 Å². The Balaban J connectivity index is 1.94. The molecule has 0 spiro atoms. The van der Waals surface area contributed by atoms with Crippen molar-refractivity contribution in [3.05, 3.63) is 33.8 Å². The van der Waals surface area contributed by atoms with Crippen LogP contribution in [0.1, 0.15) is 5.56 Å². The summed E-state index contributed by atoms with van der Waals surface area (Å²) in [6.07, 6.45) is -1.32. The minimum atomic E-state index is -0.939. The number of benzene rings is 1. The SMILES string of the molecule is FC1CNCC1OCc1ccc(Cl)cc1Cl. The van der Waals surface area contributed by atoms with E-state index in [4.69, 9.17) is 27.9 Å². The summed E-state index contributed by atoms with van der Waals surface area (Å²) >= 11 is 11.7. The van der Waals surface area contributed by atoms with E-state index in [1.165, 1.54) is 0 Å². The lowest BCUT2D eigenvalue weighted by atomic mass is 10.2. The highest BCUT2D eigenvalue weighted by molar-refractivity contribution is 6.35. The maximum Gasteiger partial charge on any atom is 0.140 e. The third kappa shape index (κ3) is 2.86. The van der Waals surface area contributed by atoms with Gasteiger partial charge in [-0.05, 0) is 17.7 Å². The van der Waals surface area contributed by atoms with E-state index < -0.39 is 6.17 Å². The van der Waals surface area contributed by atoms with Gasteiger partial charge in [0.2, 0.25) is 0 Å². The minimum Gasteiger partial charge on any atom is -0.369 e. The molecular formula is C11H12Cl2FNO. The van der Waals surface area contributed by atoms with Gasteiger partial charge < -0.3 is 10.1 Å². The van der Waals surface area contributed by atoms with Gasteiger partial charge in [0, 0.05) is 23.1 Å². The van der Waals surface area contributed by atoms with Gasteiger partial charge >= 0.3 is 0 Å². The second-order valence-electron chi connectivity index (χ2n) is 3.76. The van der Waals surface area contributed by atoms with E-state index in [2.05, 4.69) is 5.32 Å². The van der Waals surface area contributed by atoms with Gasteiger partial charge in [0.05, 0.1) is 6.61 Å². The van der Waals surface area contributed by atoms with Gasteiger partial charge in [0.15, 0.2) is 0 Å². The maximum absolute atomic E-state index is 13.2. The molecule has 0 saturated carbocycles. The van der Waals surface area contributed by atoms with Crippen LogP contribution >= 0.6 is 23.2 Å². The zero-order valence-electron chi connectivity index (χ0n) is 8.55. The summed E-state index contributed by atoms with van der Waals surface area (Å²) in [6, 6.07) is 5.19. The monoisotopic (exact) mass is 263 g/mol. The first-order chi connectivity index (χ1) is 7.66. The number of nitrogens with one attached hydrogen (secondary N) is 1. The van der Waals surface area contributed by atoms with Crippen molar-refractivity contribution in [2.45, 2.75) is 18.9 Å². The maximum atomic E-state index is 13.2. The molecule has 1 fully saturated rings. The van der Waals surface area contributed by atoms with Crippen LogP contribution in [0.3, 0.4) is 0 Å². The Labute approximate surface area is 104 Å². The Morgan fingerprint density at radius 2 is 2.19 bits per heavy atom. The van der Waals surface area contributed by atoms with Crippen LogP contribution in [0.2, 0.25) is 10.0 Å². The normalized spacial score (nSPS) is 24.9. The average molecular weight is 264 g/mol. The summed E-state index contributed by atoms with van der Waals surface area (Å²) in [7, 11) is 0. The first kappa shape index (κ1) is 12.1. The fraction of sp³-hybridized carbons (Fsp3) is 0.455. The Hall–Kier alpha value is -0.350. The Morgan fingerprint density at radius 1 is 1.38 bits per heavy atom. The predicted octanol–water partition coefficient (Wildman–Crippen LogP) is 2.82. The minimum absolute atomic E-state index is 0.308. The lowest BCUT2D eigenvalue weighted by molar-refractivity contribution is 0.0140. The number of rotatable bonds is 3. The molecule has 0 aromatic heterocycles. The van der Waals surface area contributed by atoms with Crippen molar-refractivity contribution < 1.29 is 9.13 Å². The van der Waals surface area contributed by atoms with Crippen LogP contribution in [0.25, 0.3) is 0 Å². The van der Waals surface area contributed by atoms with Crippen molar-refractivity contribution >= 4 is 23.2 Å². The van der Waals surface area contributed by atoms with Gasteiger partial charge in [-0.15, -0.1) is 0 Å². The first-order valence-corrected chi connectivity index (χ1v) is 5.83. The molecule has 0 bridgehead atoms. The van der Waals surface area contributed by atoms with E-state index in [0.717, 1.165) is 5.56 Å². The molecule has 0 amide bonds. The van der Waals surface area contributed by atoms with E-state index in [0.29, 0.717) is 29.7 Å². The fourth-order valence-electron chi connectivity index (χ4n) is 1.62. The molecule has 2 atom stereocenters. The van der Waals surface area contributed by atoms with Crippen molar-refractivity contribution in [3.63, 3.8) is 0 Å². The average Bonchev–Trinajstić information content (AvgIpc) is 2.63. The van der Waals surface area contributed by atoms with Gasteiger partial charge in [-0.2, -0.15) is 0 Å². The number of halogens is 3. The van der Waals surface area contributed by atoms with Crippen LogP contribution in [0.15, 0.2) is 18.2 Å². The summed E-state index contributed by atoms with van der Waals surface area (Å²) in [4.78, 5) is 0. The Bertz CT molecular complexity index is 375. The molecule has 2 unspecified atom stereocenters. The smallest absolute Gasteiger partial charge is 0.140 e. The summed E-state index contributed by atoms with van der Waals surface area (Å²) in [5.74, 6) is 0. The molecule has 1 aromatic rings. The van der Waals surface area contributed by atoms with Gasteiger partial charge in [0.25, 0.3) is 0 Å². The first-order valence-electron chi connectivity index (χ1n) is 5.07. The quantitative estimate of drug-likeness (QED) is 0.906. The topological polar surface area (TPSA) is 21.3 Å². The van der Waals surface area contributed by atoms with Crippen LogP contribution in [-0.4, -0.2) is 25.4 Å². The third-order valence-corrected chi connectivity index (χ3v) is 3.14. The second-order valence-corrected chi connectivity index (χ2v) is 4.60. The molecule has 1 aromatic carbocycles. The molecule has 1 heterocycles. The van der Waals surface area contributed by atoms with Crippen molar-refractivity contribution in [1.29, 1.82) is 0 Å². The molecule has 5 heteroatoms. The molecule has 1 N–H and O–H groups in total. The molecule has 88 valence electrons. The van der Waals surface area contributed by atoms with E-state index in [1.807, 2.05) is 0 Å². The lowest BCUT2D eigenvalue weighted by Crippen LogP contribution is -2.23. The van der Waals surface area contributed by atoms with Crippen LogP contribution in [-0.2, 0) is 11.3 Å². The van der Waals surface area contributed by atoms with E-state index >= 15 is 0 Å². The number of ether oxygens (including phenoxy) is 1. The highest BCUT2D eigenvalue weighted by Gasteiger charge is 2.27. The molecule has 1 aliphatic heterocycles. The van der Waals surface area contributed by atoms with Crippen molar-refractivity contribution in [1.82, 2.24) is 5.32 Å². The molecule has 2 rings (SSSR count). The van der Waals surface area contributed by atoms with Crippen LogP contribution < -0.4 is 5.32 Å². The zero-order chi connectivity index (χ0) is 11.5. The summed E-state index contributed by atoms with van der Waals surface area (Å²) in [6.45, 7) is 1.22. The van der Waals surface area contributed by atoms with E-state index in [9.17, 15) is 4.39 Å². The van der Waals surface area contributed by atoms with Gasteiger partial charge in [-0.1, -0.05) is 29.3 Å². The summed E-state index contributed by atoms with van der Waals surface area (Å²) in [5.41, 5.74) is 0.824. The molecule has 16 heavy (non-hydrogen) atoms. The zero-order valence-corrected chi connectivity index (χ0v) is 10.1. The molecule has 2 nitrogen and oxygen atoms in total. The van der Waals surface area contributed by atoms with Crippen molar-refractivity contribution in [2.75, 3.05) is 13.1 Å². The van der Waals surface area contributed by atoms with Gasteiger partial charge in [-0.3, -0.25) is 0 Å². The molecule has 1 aliphatic rings. The summed E-state index contributed by atoms with van der Waals surface area (Å²) in [5, 5.41) is 4.06. The van der Waals surface area contributed by atoms with Crippen LogP contribution in [0.5, 0.6) is 0 Å². The second kappa shape index (κ2) is 5.32. The van der Waals surface area contributed by atoms with E-state index in [-0.39, 0.29) is 6.10 Å². The summed E-state index contributed by atoms with van der Waals surface area (Å²) < 4.78 is 18.7. The molecule has 0 aliphatic carbocycles. The highest BCUT2D eigenvalue weighted by atomic mass is 35.5. The fourth-order valence-corrected chi connectivity index (χ4v) is 2.08. The lowest BCUT2D eigenvalue weighted by Gasteiger charge is -2.13. The molecule has 0 radical (unpaired) electrons. The van der Waals surface area contributed by atoms with Gasteiger partial charge in [0.1, 0.15) is 12.3 Å². The van der Waals surface area contributed by atoms with Crippen molar-refractivity contribution in [3.8, 4) is 0 Å². The third-order valence-electron chi connectivity index (χ3n) is 2.56. The highest BCUT2D eigenvalue weighted by Crippen LogP contribution is 2.22. The van der Waals surface area contributed by atoms with E-state index in [1.54, 1.807) is 18.2 Å². The van der Waals surface area contributed by atoms with Crippen molar-refractivity contribution in [2.24, 2.45) is 0 Å². The standard InChI is InChI=1S/C11H12Cl2FNO/c12-8-2-1-7(9(13)3-8)6-16-11-5-15-4-10(11)14/h1-3,10-11,15H,4-6H2. The number of alkyl halides is 1. The van der Waals surface area contributed by atoms with Gasteiger partial charge in [-0.25, -0.2) is 4.39 Å². The Morgan fingerprint density at radius 3 is 2.81 bits per heavy atom.